The van der Waals surface area contributed by atoms with Crippen LogP contribution in [0.25, 0.3) is 11.1 Å². The summed E-state index contributed by atoms with van der Waals surface area (Å²) in [5.41, 5.74) is 1.57. The molecule has 0 aromatic heterocycles. The fourth-order valence-electron chi connectivity index (χ4n) is 1.74. The van der Waals surface area contributed by atoms with Crippen LogP contribution in [0, 0.1) is 17.1 Å². The molecule has 0 atom stereocenters. The van der Waals surface area contributed by atoms with E-state index in [4.69, 9.17) is 10.00 Å². The Morgan fingerprint density at radius 1 is 1.44 bits per heavy atom. The molecule has 1 aromatic rings. The molecule has 0 bridgehead atoms. The minimum atomic E-state index is -0.537. The number of nitriles is 1. The van der Waals surface area contributed by atoms with Gasteiger partial charge in [0.15, 0.2) is 0 Å². The molecular formula is C13H9FNNaO2. The molecule has 5 heteroatoms. The van der Waals surface area contributed by atoms with Gasteiger partial charge in [-0.3, -0.25) is 0 Å². The second-order valence-electron chi connectivity index (χ2n) is 3.49. The zero-order valence-corrected chi connectivity index (χ0v) is 12.2. The van der Waals surface area contributed by atoms with Gasteiger partial charge in [-0.15, -0.1) is 0 Å². The molecule has 18 heavy (non-hydrogen) atoms. The van der Waals surface area contributed by atoms with Crippen LogP contribution in [0.15, 0.2) is 30.2 Å². The Bertz CT molecular complexity index is 573. The first-order valence-corrected chi connectivity index (χ1v) is 5.13. The molecule has 1 aromatic carbocycles. The average molecular weight is 253 g/mol. The summed E-state index contributed by atoms with van der Waals surface area (Å²) in [5.74, 6) is -0.984. The molecule has 0 heterocycles. The van der Waals surface area contributed by atoms with Crippen LogP contribution in [-0.2, 0) is 4.74 Å². The number of halogens is 1. The van der Waals surface area contributed by atoms with Crippen molar-refractivity contribution in [1.29, 1.82) is 5.26 Å². The summed E-state index contributed by atoms with van der Waals surface area (Å²) in [6.45, 7) is 1.93. The number of benzene rings is 1. The molecular weight excluding hydrogens is 244 g/mol. The van der Waals surface area contributed by atoms with Crippen LogP contribution in [0.2, 0.25) is 0 Å². The van der Waals surface area contributed by atoms with E-state index >= 15 is 0 Å². The van der Waals surface area contributed by atoms with E-state index in [1.54, 1.807) is 6.92 Å². The zero-order chi connectivity index (χ0) is 12.4. The second kappa shape index (κ2) is 6.05. The second-order valence-corrected chi connectivity index (χ2v) is 3.49. The van der Waals surface area contributed by atoms with Gasteiger partial charge in [0, 0.05) is 11.1 Å². The molecule has 0 spiro atoms. The first kappa shape index (κ1) is 14.8. The third-order valence-corrected chi connectivity index (χ3v) is 2.47. The molecule has 0 saturated carbocycles. The van der Waals surface area contributed by atoms with Crippen molar-refractivity contribution in [2.24, 2.45) is 0 Å². The van der Waals surface area contributed by atoms with Gasteiger partial charge in [-0.05, 0) is 30.4 Å². The Balaban J connectivity index is 0.00000162. The number of ether oxygens (including phenoxy) is 1. The molecule has 0 fully saturated rings. The van der Waals surface area contributed by atoms with E-state index in [0.717, 1.165) is 0 Å². The predicted octanol–water partition coefficient (Wildman–Crippen LogP) is -1.18. The number of fused-ring (bicyclic) bond motifs is 1. The summed E-state index contributed by atoms with van der Waals surface area (Å²) in [7, 11) is 0. The summed E-state index contributed by atoms with van der Waals surface area (Å²) in [4.78, 5) is 0. The van der Waals surface area contributed by atoms with Gasteiger partial charge in [-0.25, -0.2) is 4.39 Å². The van der Waals surface area contributed by atoms with E-state index in [-0.39, 0.29) is 41.7 Å². The van der Waals surface area contributed by atoms with Crippen molar-refractivity contribution in [3.05, 3.63) is 47.2 Å². The molecule has 86 valence electrons. The monoisotopic (exact) mass is 253 g/mol. The Labute approximate surface area is 126 Å². The van der Waals surface area contributed by atoms with E-state index < -0.39 is 11.8 Å². The summed E-state index contributed by atoms with van der Waals surface area (Å²) >= 11 is 0. The van der Waals surface area contributed by atoms with Gasteiger partial charge in [0.2, 0.25) is 0 Å². The number of allylic oxidation sites excluding steroid dienone is 3. The number of hydrogen-bond acceptors (Lipinski definition) is 3. The van der Waals surface area contributed by atoms with Gasteiger partial charge in [0.1, 0.15) is 5.82 Å². The van der Waals surface area contributed by atoms with Gasteiger partial charge in [-0.2, -0.15) is 5.26 Å². The summed E-state index contributed by atoms with van der Waals surface area (Å²) in [6.07, 6.45) is 1.43. The summed E-state index contributed by atoms with van der Waals surface area (Å²) in [5, 5.41) is 20.6. The Morgan fingerprint density at radius 2 is 2.17 bits per heavy atom. The van der Waals surface area contributed by atoms with Crippen molar-refractivity contribution in [3.8, 4) is 6.07 Å². The van der Waals surface area contributed by atoms with E-state index in [1.165, 1.54) is 24.3 Å². The molecule has 0 radical (unpaired) electrons. The van der Waals surface area contributed by atoms with Crippen LogP contribution >= 0.6 is 0 Å². The minimum absolute atomic E-state index is 0. The molecule has 0 N–H and O–H groups in total. The van der Waals surface area contributed by atoms with Crippen LogP contribution in [0.1, 0.15) is 18.1 Å². The largest absolute Gasteiger partial charge is 1.00 e. The van der Waals surface area contributed by atoms with Gasteiger partial charge in [-0.1, -0.05) is 13.0 Å². The zero-order valence-electron chi connectivity index (χ0n) is 10.2. The predicted molar refractivity (Wildman–Crippen MR) is 58.5 cm³/mol. The minimum Gasteiger partial charge on any atom is -0.613 e. The van der Waals surface area contributed by atoms with Crippen molar-refractivity contribution < 1.29 is 43.8 Å². The van der Waals surface area contributed by atoms with Gasteiger partial charge in [0.25, 0.3) is 0 Å². The van der Waals surface area contributed by atoms with E-state index in [2.05, 4.69) is 0 Å². The standard InChI is InChI=1S/C13H10FNO2.Na/c1-2-17-13(16)12-5-8(7-15)10-4-3-9(14)6-11(10)12;/h3-6,16H,2H2,1H3;/q;+1/p-1/b13-12-;. The number of hydrogen-bond donors (Lipinski definition) is 0. The molecule has 3 nitrogen and oxygen atoms in total. The Kier molecular flexibility index (Phi) is 4.97. The molecule has 1 aliphatic rings. The molecule has 0 aliphatic heterocycles. The van der Waals surface area contributed by atoms with Crippen LogP contribution in [0.4, 0.5) is 4.39 Å². The summed E-state index contributed by atoms with van der Waals surface area (Å²) < 4.78 is 18.0. The molecule has 1 aliphatic carbocycles. The van der Waals surface area contributed by atoms with Gasteiger partial charge < -0.3 is 9.84 Å². The first-order chi connectivity index (χ1) is 8.17. The van der Waals surface area contributed by atoms with E-state index in [0.29, 0.717) is 16.7 Å². The quantitative estimate of drug-likeness (QED) is 0.492. The number of nitrogens with zero attached hydrogens (tertiary/aromatic N) is 1. The number of rotatable bonds is 2. The van der Waals surface area contributed by atoms with Crippen molar-refractivity contribution in [1.82, 2.24) is 0 Å². The fourth-order valence-corrected chi connectivity index (χ4v) is 1.74. The Morgan fingerprint density at radius 3 is 2.78 bits per heavy atom. The Hall–Kier alpha value is -1.28. The maximum absolute atomic E-state index is 13.1. The first-order valence-electron chi connectivity index (χ1n) is 5.13. The van der Waals surface area contributed by atoms with Crippen molar-refractivity contribution in [3.63, 3.8) is 0 Å². The van der Waals surface area contributed by atoms with Crippen LogP contribution in [0.5, 0.6) is 0 Å². The van der Waals surface area contributed by atoms with Crippen molar-refractivity contribution in [2.75, 3.05) is 6.61 Å². The van der Waals surface area contributed by atoms with Gasteiger partial charge in [0.05, 0.1) is 17.6 Å². The average Bonchev–Trinajstić information content (AvgIpc) is 2.67. The third-order valence-electron chi connectivity index (χ3n) is 2.47. The maximum atomic E-state index is 13.1. The van der Waals surface area contributed by atoms with Crippen LogP contribution in [0.3, 0.4) is 0 Å². The van der Waals surface area contributed by atoms with Gasteiger partial charge >= 0.3 is 29.6 Å². The topological polar surface area (TPSA) is 56.1 Å². The van der Waals surface area contributed by atoms with Crippen LogP contribution < -0.4 is 34.7 Å². The molecule has 0 unspecified atom stereocenters. The summed E-state index contributed by atoms with van der Waals surface area (Å²) in [6, 6.07) is 5.97. The third kappa shape index (κ3) is 2.59. The smallest absolute Gasteiger partial charge is 0.613 e. The van der Waals surface area contributed by atoms with Crippen molar-refractivity contribution in [2.45, 2.75) is 6.92 Å². The molecule has 0 amide bonds. The van der Waals surface area contributed by atoms with E-state index in [1.807, 2.05) is 6.07 Å². The van der Waals surface area contributed by atoms with E-state index in [9.17, 15) is 9.50 Å². The van der Waals surface area contributed by atoms with Crippen LogP contribution in [-0.4, -0.2) is 6.61 Å². The van der Waals surface area contributed by atoms with Crippen molar-refractivity contribution >= 4 is 11.1 Å². The SMILES string of the molecule is CCO/C([O-])=C1/C=C(C#N)c2ccc(F)cc21.[Na+]. The fraction of sp³-hybridized carbons (Fsp3) is 0.154. The maximum Gasteiger partial charge on any atom is 1.00 e. The molecule has 0 saturated heterocycles. The molecule has 2 rings (SSSR count). The normalized spacial score (nSPS) is 15.1.